The van der Waals surface area contributed by atoms with Crippen LogP contribution in [0, 0.1) is 0 Å². The molecule has 1 N–H and O–H groups in total. The van der Waals surface area contributed by atoms with Crippen molar-refractivity contribution in [1.82, 2.24) is 4.98 Å². The van der Waals surface area contributed by atoms with Crippen LogP contribution in [-0.4, -0.2) is 22.7 Å². The highest BCUT2D eigenvalue weighted by Gasteiger charge is 1.96. The van der Waals surface area contributed by atoms with Crippen LogP contribution in [0.3, 0.4) is 0 Å². The van der Waals surface area contributed by atoms with Crippen LogP contribution in [0.4, 0.5) is 0 Å². The van der Waals surface area contributed by atoms with Crippen molar-refractivity contribution in [3.63, 3.8) is 0 Å². The zero-order valence-electron chi connectivity index (χ0n) is 8.56. The van der Waals surface area contributed by atoms with E-state index < -0.39 is 5.97 Å². The summed E-state index contributed by atoms with van der Waals surface area (Å²) < 4.78 is 5.43. The molecular weight excluding hydrogens is 194 g/mol. The molecule has 0 aromatic carbocycles. The number of carbonyl (C=O) groups is 1. The quantitative estimate of drug-likeness (QED) is 0.698. The molecule has 1 aromatic rings. The SMILES string of the molecule is O=C(O)CCCCCOc1ccncc1. The van der Waals surface area contributed by atoms with Crippen molar-refractivity contribution in [2.75, 3.05) is 6.61 Å². The van der Waals surface area contributed by atoms with E-state index in [-0.39, 0.29) is 6.42 Å². The molecule has 0 aliphatic heterocycles. The van der Waals surface area contributed by atoms with Gasteiger partial charge in [0, 0.05) is 18.8 Å². The fourth-order valence-corrected chi connectivity index (χ4v) is 1.18. The number of aromatic nitrogens is 1. The maximum atomic E-state index is 10.2. The largest absolute Gasteiger partial charge is 0.493 e. The van der Waals surface area contributed by atoms with Gasteiger partial charge >= 0.3 is 5.97 Å². The van der Waals surface area contributed by atoms with Crippen molar-refractivity contribution in [1.29, 1.82) is 0 Å². The lowest BCUT2D eigenvalue weighted by atomic mass is 10.2. The normalized spacial score (nSPS) is 9.87. The first-order chi connectivity index (χ1) is 7.29. The molecule has 82 valence electrons. The number of pyridine rings is 1. The van der Waals surface area contributed by atoms with Crippen molar-refractivity contribution in [2.24, 2.45) is 0 Å². The zero-order chi connectivity index (χ0) is 10.9. The Morgan fingerprint density at radius 1 is 1.27 bits per heavy atom. The topological polar surface area (TPSA) is 59.4 Å². The van der Waals surface area contributed by atoms with Crippen molar-refractivity contribution in [3.8, 4) is 5.75 Å². The van der Waals surface area contributed by atoms with Gasteiger partial charge in [0.25, 0.3) is 0 Å². The van der Waals surface area contributed by atoms with Crippen LogP contribution in [0.25, 0.3) is 0 Å². The third-order valence-corrected chi connectivity index (χ3v) is 1.95. The lowest BCUT2D eigenvalue weighted by Gasteiger charge is -2.04. The van der Waals surface area contributed by atoms with Crippen LogP contribution in [-0.2, 0) is 4.79 Å². The van der Waals surface area contributed by atoms with E-state index in [1.54, 1.807) is 24.5 Å². The van der Waals surface area contributed by atoms with E-state index >= 15 is 0 Å². The van der Waals surface area contributed by atoms with Gasteiger partial charge in [-0.25, -0.2) is 0 Å². The molecule has 0 unspecified atom stereocenters. The van der Waals surface area contributed by atoms with Crippen LogP contribution < -0.4 is 4.74 Å². The maximum absolute atomic E-state index is 10.2. The van der Waals surface area contributed by atoms with Crippen LogP contribution in [0.1, 0.15) is 25.7 Å². The second kappa shape index (κ2) is 6.81. The molecule has 1 heterocycles. The standard InChI is InChI=1S/C11H15NO3/c13-11(14)4-2-1-3-9-15-10-5-7-12-8-6-10/h5-8H,1-4,9H2,(H,13,14). The van der Waals surface area contributed by atoms with Gasteiger partial charge in [-0.2, -0.15) is 0 Å². The summed E-state index contributed by atoms with van der Waals surface area (Å²) in [5.74, 6) is 0.0771. The summed E-state index contributed by atoms with van der Waals surface area (Å²) in [5.41, 5.74) is 0. The number of nitrogens with zero attached hydrogens (tertiary/aromatic N) is 1. The van der Waals surface area contributed by atoms with E-state index in [1.807, 2.05) is 0 Å². The Labute approximate surface area is 88.9 Å². The molecule has 4 heteroatoms. The summed E-state index contributed by atoms with van der Waals surface area (Å²) in [6.45, 7) is 0.629. The summed E-state index contributed by atoms with van der Waals surface area (Å²) in [7, 11) is 0. The van der Waals surface area contributed by atoms with Gasteiger partial charge in [0.1, 0.15) is 5.75 Å². The third kappa shape index (κ3) is 5.67. The molecule has 0 atom stereocenters. The number of carboxylic acid groups (broad SMARTS) is 1. The lowest BCUT2D eigenvalue weighted by Crippen LogP contribution is -1.99. The van der Waals surface area contributed by atoms with Gasteiger partial charge in [-0.05, 0) is 31.4 Å². The van der Waals surface area contributed by atoms with E-state index in [0.717, 1.165) is 25.0 Å². The minimum absolute atomic E-state index is 0.245. The second-order valence-corrected chi connectivity index (χ2v) is 3.24. The van der Waals surface area contributed by atoms with Gasteiger partial charge in [-0.1, -0.05) is 0 Å². The Kier molecular flexibility index (Phi) is 5.22. The molecule has 1 aromatic heterocycles. The third-order valence-electron chi connectivity index (χ3n) is 1.95. The van der Waals surface area contributed by atoms with Gasteiger partial charge in [0.05, 0.1) is 6.61 Å². The second-order valence-electron chi connectivity index (χ2n) is 3.24. The van der Waals surface area contributed by atoms with E-state index in [0.29, 0.717) is 6.61 Å². The summed E-state index contributed by atoms with van der Waals surface area (Å²) in [6.07, 6.45) is 6.09. The Balaban J connectivity index is 2.00. The fourth-order valence-electron chi connectivity index (χ4n) is 1.18. The molecule has 0 radical (unpaired) electrons. The minimum Gasteiger partial charge on any atom is -0.493 e. The van der Waals surface area contributed by atoms with Gasteiger partial charge in [0.15, 0.2) is 0 Å². The van der Waals surface area contributed by atoms with E-state index in [1.165, 1.54) is 0 Å². The molecule has 15 heavy (non-hydrogen) atoms. The first-order valence-corrected chi connectivity index (χ1v) is 5.03. The predicted molar refractivity (Wildman–Crippen MR) is 55.8 cm³/mol. The van der Waals surface area contributed by atoms with Crippen LogP contribution in [0.15, 0.2) is 24.5 Å². The Hall–Kier alpha value is -1.58. The molecule has 1 rings (SSSR count). The average Bonchev–Trinajstić information content (AvgIpc) is 2.24. The molecule has 0 spiro atoms. The summed E-state index contributed by atoms with van der Waals surface area (Å²) in [4.78, 5) is 14.1. The highest BCUT2D eigenvalue weighted by molar-refractivity contribution is 5.66. The molecule has 0 fully saturated rings. The van der Waals surface area contributed by atoms with Crippen LogP contribution in [0.5, 0.6) is 5.75 Å². The van der Waals surface area contributed by atoms with Crippen molar-refractivity contribution < 1.29 is 14.6 Å². The summed E-state index contributed by atoms with van der Waals surface area (Å²) in [6, 6.07) is 3.61. The Morgan fingerprint density at radius 2 is 2.00 bits per heavy atom. The average molecular weight is 209 g/mol. The van der Waals surface area contributed by atoms with Gasteiger partial charge in [-0.3, -0.25) is 9.78 Å². The number of unbranched alkanes of at least 4 members (excludes halogenated alkanes) is 2. The lowest BCUT2D eigenvalue weighted by molar-refractivity contribution is -0.137. The molecule has 0 saturated carbocycles. The highest BCUT2D eigenvalue weighted by atomic mass is 16.5. The molecule has 0 bridgehead atoms. The molecule has 0 amide bonds. The van der Waals surface area contributed by atoms with Crippen LogP contribution >= 0.6 is 0 Å². The number of carboxylic acids is 1. The predicted octanol–water partition coefficient (Wildman–Crippen LogP) is 2.11. The maximum Gasteiger partial charge on any atom is 0.303 e. The number of ether oxygens (including phenoxy) is 1. The smallest absolute Gasteiger partial charge is 0.303 e. The first kappa shape index (κ1) is 11.5. The zero-order valence-corrected chi connectivity index (χ0v) is 8.56. The molecule has 0 saturated heterocycles. The molecule has 4 nitrogen and oxygen atoms in total. The number of rotatable bonds is 7. The van der Waals surface area contributed by atoms with E-state index in [2.05, 4.69) is 4.98 Å². The van der Waals surface area contributed by atoms with Crippen molar-refractivity contribution >= 4 is 5.97 Å². The monoisotopic (exact) mass is 209 g/mol. The van der Waals surface area contributed by atoms with Gasteiger partial charge in [0.2, 0.25) is 0 Å². The molecule has 0 aliphatic carbocycles. The van der Waals surface area contributed by atoms with Gasteiger partial charge < -0.3 is 9.84 Å². The van der Waals surface area contributed by atoms with Crippen molar-refractivity contribution in [2.45, 2.75) is 25.7 Å². The Bertz CT molecular complexity index is 287. The van der Waals surface area contributed by atoms with Crippen LogP contribution in [0.2, 0.25) is 0 Å². The first-order valence-electron chi connectivity index (χ1n) is 5.03. The molecule has 0 aliphatic rings. The van der Waals surface area contributed by atoms with Crippen molar-refractivity contribution in [3.05, 3.63) is 24.5 Å². The Morgan fingerprint density at radius 3 is 2.67 bits per heavy atom. The summed E-state index contributed by atoms with van der Waals surface area (Å²) in [5, 5.41) is 8.41. The number of hydrogen-bond acceptors (Lipinski definition) is 3. The van der Waals surface area contributed by atoms with E-state index in [4.69, 9.17) is 9.84 Å². The molecular formula is C11H15NO3. The highest BCUT2D eigenvalue weighted by Crippen LogP contribution is 2.08. The fraction of sp³-hybridized carbons (Fsp3) is 0.455. The minimum atomic E-state index is -0.731. The number of hydrogen-bond donors (Lipinski definition) is 1. The summed E-state index contributed by atoms with van der Waals surface area (Å²) >= 11 is 0. The number of aliphatic carboxylic acids is 1. The van der Waals surface area contributed by atoms with E-state index in [9.17, 15) is 4.79 Å². The van der Waals surface area contributed by atoms with Gasteiger partial charge in [-0.15, -0.1) is 0 Å².